The van der Waals surface area contributed by atoms with E-state index in [9.17, 15) is 0 Å². The Morgan fingerprint density at radius 2 is 0.453 bits per heavy atom. The molecule has 376 valence electrons. The normalized spacial score (nSPS) is 42.4. The molecule has 64 heavy (non-hydrogen) atoms. The van der Waals surface area contributed by atoms with Gasteiger partial charge in [-0.3, -0.25) is 0 Å². The van der Waals surface area contributed by atoms with E-state index in [1.807, 2.05) is 0 Å². The van der Waals surface area contributed by atoms with Gasteiger partial charge in [0.15, 0.2) is 0 Å². The topological polar surface area (TPSA) is 144 Å². The van der Waals surface area contributed by atoms with Crippen molar-refractivity contribution in [2.45, 2.75) is 181 Å². The molecular weight excluding hydrogens is 793 g/mol. The highest BCUT2D eigenvalue weighted by Gasteiger charge is 2.31. The van der Waals surface area contributed by atoms with Crippen molar-refractivity contribution >= 4 is 0 Å². The Bertz CT molecular complexity index is 1010. The van der Waals surface area contributed by atoms with Crippen LogP contribution in [0.25, 0.3) is 0 Å². The fourth-order valence-corrected chi connectivity index (χ4v) is 12.6. The van der Waals surface area contributed by atoms with Crippen LogP contribution in [0, 0.1) is 47.3 Å². The van der Waals surface area contributed by atoms with E-state index in [4.69, 9.17) is 0 Å². The van der Waals surface area contributed by atoms with Crippen molar-refractivity contribution in [3.8, 4) is 0 Å². The summed E-state index contributed by atoms with van der Waals surface area (Å²) < 4.78 is 0. The Morgan fingerprint density at radius 1 is 0.234 bits per heavy atom. The summed E-state index contributed by atoms with van der Waals surface area (Å²) in [6.07, 6.45) is 15.5. The third-order valence-electron chi connectivity index (χ3n) is 17.3. The molecule has 0 spiro atoms. The van der Waals surface area contributed by atoms with Crippen LogP contribution in [0.2, 0.25) is 0 Å². The van der Waals surface area contributed by atoms with Crippen LogP contribution in [0.4, 0.5) is 0 Å². The summed E-state index contributed by atoms with van der Waals surface area (Å²) in [5, 5.41) is 48.0. The number of hydrogen-bond donors (Lipinski definition) is 12. The summed E-state index contributed by atoms with van der Waals surface area (Å²) in [6, 6.07) is 3.69. The van der Waals surface area contributed by atoms with Crippen molar-refractivity contribution in [2.24, 2.45) is 47.3 Å². The lowest BCUT2D eigenvalue weighted by Crippen LogP contribution is -2.52. The van der Waals surface area contributed by atoms with Gasteiger partial charge in [0.05, 0.1) is 0 Å². The minimum atomic E-state index is 0.459. The molecule has 8 rings (SSSR count). The summed E-state index contributed by atoms with van der Waals surface area (Å²) in [5.41, 5.74) is 0. The molecule has 0 radical (unpaired) electrons. The molecule has 8 aliphatic rings. The molecule has 16 unspecified atom stereocenters. The van der Waals surface area contributed by atoms with Gasteiger partial charge in [0.1, 0.15) is 0 Å². The van der Waals surface area contributed by atoms with Gasteiger partial charge in [-0.15, -0.1) is 0 Å². The number of hydrogen-bond acceptors (Lipinski definition) is 12. The second kappa shape index (κ2) is 30.9. The smallest absolute Gasteiger partial charge is 0.00940 e. The van der Waals surface area contributed by atoms with E-state index >= 15 is 0 Å². The van der Waals surface area contributed by atoms with Gasteiger partial charge in [-0.1, -0.05) is 12.8 Å². The predicted octanol–water partition coefficient (Wildman–Crippen LogP) is 3.85. The van der Waals surface area contributed by atoms with Crippen molar-refractivity contribution in [3.63, 3.8) is 0 Å². The lowest BCUT2D eigenvalue weighted by molar-refractivity contribution is 0.209. The van der Waals surface area contributed by atoms with Gasteiger partial charge in [-0.05, 0) is 222 Å². The average molecular weight is 902 g/mol. The van der Waals surface area contributed by atoms with Gasteiger partial charge in [-0.25, -0.2) is 0 Å². The first-order valence-corrected chi connectivity index (χ1v) is 27.8. The molecule has 0 aromatic heterocycles. The largest absolute Gasteiger partial charge is 0.316 e. The lowest BCUT2D eigenvalue weighted by atomic mass is 9.80. The van der Waals surface area contributed by atoms with E-state index in [-0.39, 0.29) is 0 Å². The fraction of sp³-hybridized carbons (Fsp3) is 1.00. The van der Waals surface area contributed by atoms with Gasteiger partial charge < -0.3 is 63.8 Å². The molecule has 12 N–H and O–H groups in total. The highest BCUT2D eigenvalue weighted by molar-refractivity contribution is 4.90. The second-order valence-electron chi connectivity index (χ2n) is 22.4. The molecular formula is C52H108N12. The van der Waals surface area contributed by atoms with Crippen LogP contribution < -0.4 is 63.8 Å². The summed E-state index contributed by atoms with van der Waals surface area (Å²) >= 11 is 0. The van der Waals surface area contributed by atoms with E-state index in [0.717, 1.165) is 154 Å². The maximum atomic E-state index is 4.10. The summed E-state index contributed by atoms with van der Waals surface area (Å²) in [7, 11) is 0. The van der Waals surface area contributed by atoms with Crippen LogP contribution in [0.5, 0.6) is 0 Å². The average Bonchev–Trinajstić information content (AvgIpc) is 3.29. The van der Waals surface area contributed by atoms with Gasteiger partial charge in [-0.2, -0.15) is 0 Å². The van der Waals surface area contributed by atoms with E-state index in [2.05, 4.69) is 119 Å². The van der Waals surface area contributed by atoms with Crippen molar-refractivity contribution in [1.82, 2.24) is 63.8 Å². The Kier molecular flexibility index (Phi) is 26.3. The molecule has 8 bridgehead atoms. The molecule has 12 nitrogen and oxygen atoms in total. The molecule has 0 aromatic carbocycles. The fourth-order valence-electron chi connectivity index (χ4n) is 12.6. The van der Waals surface area contributed by atoms with E-state index < -0.39 is 0 Å². The zero-order valence-electron chi connectivity index (χ0n) is 43.0. The molecule has 12 heteroatoms. The first kappa shape index (κ1) is 54.5. The Morgan fingerprint density at radius 3 is 0.703 bits per heavy atom. The third kappa shape index (κ3) is 19.5. The minimum absolute atomic E-state index is 0.459. The molecule has 2 saturated carbocycles. The van der Waals surface area contributed by atoms with Crippen molar-refractivity contribution < 1.29 is 0 Å². The van der Waals surface area contributed by atoms with Crippen LogP contribution >= 0.6 is 0 Å². The zero-order valence-corrected chi connectivity index (χ0v) is 43.0. The highest BCUT2D eigenvalue weighted by Crippen LogP contribution is 2.30. The minimum Gasteiger partial charge on any atom is -0.316 e. The van der Waals surface area contributed by atoms with E-state index in [0.29, 0.717) is 72.0 Å². The molecule has 0 amide bonds. The van der Waals surface area contributed by atoms with Crippen molar-refractivity contribution in [1.29, 1.82) is 0 Å². The van der Waals surface area contributed by atoms with Crippen LogP contribution in [-0.2, 0) is 0 Å². The lowest BCUT2D eigenvalue weighted by Gasteiger charge is -2.36. The first-order valence-electron chi connectivity index (χ1n) is 27.8. The van der Waals surface area contributed by atoms with Gasteiger partial charge in [0.25, 0.3) is 0 Å². The van der Waals surface area contributed by atoms with Crippen LogP contribution in [0.15, 0.2) is 0 Å². The van der Waals surface area contributed by atoms with Crippen LogP contribution in [-0.4, -0.2) is 153 Å². The summed E-state index contributed by atoms with van der Waals surface area (Å²) in [6.45, 7) is 36.9. The molecule has 0 aromatic rings. The Balaban J connectivity index is 1.26. The SMILES string of the molecule is CC1NCCCNC(C)C2CNCCCNCC1C(C)NCC1CCCC(CNC(C)C3CNCCCNCC(C(C)NCCCNC3C)C(C)NCC3CCCC(CNC2C)C3)C1. The maximum absolute atomic E-state index is 4.10. The van der Waals surface area contributed by atoms with Crippen LogP contribution in [0.3, 0.4) is 0 Å². The number of nitrogens with one attached hydrogen (secondary N) is 12. The molecule has 8 fully saturated rings. The molecule has 2 aliphatic carbocycles. The standard InChI is InChI=1S/C52H108N12/c1-37-49-33-53-19-11-20-54-34-50(38(2)58-24-13-23-57-37)42(6)63-31-47-17-10-18-48(28-47)32-64-44(8)52-36-56-22-12-21-55-35-51(39(3)59-25-14-26-60-40(52)4)43(7)62-30-46-16-9-15-45(27-46)29-61-41(49)5/h37-64H,9-36H2,1-8H3. The monoisotopic (exact) mass is 901 g/mol. The second-order valence-corrected chi connectivity index (χ2v) is 22.4. The van der Waals surface area contributed by atoms with Crippen molar-refractivity contribution in [2.75, 3.05) is 105 Å². The van der Waals surface area contributed by atoms with E-state index in [1.165, 1.54) is 51.4 Å². The third-order valence-corrected chi connectivity index (χ3v) is 17.3. The van der Waals surface area contributed by atoms with Gasteiger partial charge in [0, 0.05) is 98.2 Å². The van der Waals surface area contributed by atoms with Gasteiger partial charge >= 0.3 is 0 Å². The number of rotatable bonds is 0. The first-order chi connectivity index (χ1) is 31.1. The molecule has 6 heterocycles. The molecule has 6 saturated heterocycles. The molecule has 16 atom stereocenters. The molecule has 6 aliphatic heterocycles. The Labute approximate surface area is 395 Å². The zero-order chi connectivity index (χ0) is 45.5. The highest BCUT2D eigenvalue weighted by atomic mass is 15.0. The van der Waals surface area contributed by atoms with Gasteiger partial charge in [0.2, 0.25) is 0 Å². The van der Waals surface area contributed by atoms with E-state index in [1.54, 1.807) is 0 Å². The Hall–Kier alpha value is -0.480. The summed E-state index contributed by atoms with van der Waals surface area (Å²) in [5.74, 6) is 5.24. The predicted molar refractivity (Wildman–Crippen MR) is 275 cm³/mol. The summed E-state index contributed by atoms with van der Waals surface area (Å²) in [4.78, 5) is 0. The quantitative estimate of drug-likeness (QED) is 0.172. The van der Waals surface area contributed by atoms with Crippen molar-refractivity contribution in [3.05, 3.63) is 0 Å². The van der Waals surface area contributed by atoms with Crippen LogP contribution in [0.1, 0.15) is 132 Å². The maximum Gasteiger partial charge on any atom is 0.00940 e.